The molecule has 1 aromatic carbocycles. The molecule has 3 aromatic rings. The Balaban J connectivity index is 1.57. The van der Waals surface area contributed by atoms with Crippen LogP contribution in [0, 0.1) is 6.92 Å². The molecule has 2 aromatic heterocycles. The van der Waals surface area contributed by atoms with E-state index in [-0.39, 0.29) is 34.9 Å². The van der Waals surface area contributed by atoms with Crippen LogP contribution in [0.15, 0.2) is 16.5 Å². The minimum Gasteiger partial charge on any atom is -0.465 e. The number of aliphatic hydroxyl groups is 1. The summed E-state index contributed by atoms with van der Waals surface area (Å²) in [5, 5.41) is 19.9. The molecule has 0 saturated carbocycles. The smallest absolute Gasteiger partial charge is 0.426 e. The number of aromatic nitrogens is 3. The van der Waals surface area contributed by atoms with Crippen LogP contribution in [0.4, 0.5) is 19.6 Å². The predicted molar refractivity (Wildman–Crippen MR) is 118 cm³/mol. The van der Waals surface area contributed by atoms with Gasteiger partial charge in [0.2, 0.25) is 0 Å². The Morgan fingerprint density at radius 2 is 1.91 bits per heavy atom. The summed E-state index contributed by atoms with van der Waals surface area (Å²) in [6.45, 7) is 4.39. The molecule has 0 spiro atoms. The number of carbonyl (C=O) groups is 1. The highest BCUT2D eigenvalue weighted by Gasteiger charge is 2.49. The average molecular weight is 496 g/mol. The number of rotatable bonds is 5. The zero-order chi connectivity index (χ0) is 24.4. The molecule has 34 heavy (non-hydrogen) atoms. The highest BCUT2D eigenvalue weighted by molar-refractivity contribution is 7.09. The molecule has 1 amide bonds. The fourth-order valence-corrected chi connectivity index (χ4v) is 5.09. The van der Waals surface area contributed by atoms with Crippen molar-refractivity contribution in [3.63, 3.8) is 0 Å². The van der Waals surface area contributed by atoms with E-state index in [9.17, 15) is 23.8 Å². The summed E-state index contributed by atoms with van der Waals surface area (Å²) >= 11 is 1.14. The minimum atomic E-state index is -3.90. The molecule has 5 rings (SSSR count). The van der Waals surface area contributed by atoms with Crippen LogP contribution in [-0.2, 0) is 0 Å². The third-order valence-corrected chi connectivity index (χ3v) is 7.02. The van der Waals surface area contributed by atoms with Crippen molar-refractivity contribution in [2.45, 2.75) is 57.4 Å². The Bertz CT molecular complexity index is 1240. The van der Waals surface area contributed by atoms with Crippen molar-refractivity contribution in [1.29, 1.82) is 0 Å². The number of hydrogen-bond acceptors (Lipinski definition) is 9. The fraction of sp³-hybridized carbons (Fsp3) is 0.524. The molecule has 2 atom stereocenters. The molecule has 2 aliphatic heterocycles. The number of anilines is 1. The van der Waals surface area contributed by atoms with Crippen molar-refractivity contribution in [2.24, 2.45) is 0 Å². The number of halogens is 2. The first-order valence-corrected chi connectivity index (χ1v) is 11.5. The van der Waals surface area contributed by atoms with Crippen molar-refractivity contribution < 1.29 is 32.9 Å². The van der Waals surface area contributed by atoms with Crippen LogP contribution in [0.25, 0.3) is 21.7 Å². The van der Waals surface area contributed by atoms with Crippen LogP contribution in [0.2, 0.25) is 0 Å². The van der Waals surface area contributed by atoms with Crippen LogP contribution < -0.4 is 9.64 Å². The number of carboxylic acid groups (broad SMARTS) is 1. The SMILES string of the molecule is Cc1nsc(-c2ccc(OC(F)(F)C(C)(C)O)c3nc(N4CC5CCC(C4)N5C(=O)O)oc23)n1. The van der Waals surface area contributed by atoms with Crippen LogP contribution in [-0.4, -0.2) is 72.4 Å². The van der Waals surface area contributed by atoms with E-state index in [1.807, 2.05) is 4.90 Å². The Morgan fingerprint density at radius 3 is 2.47 bits per heavy atom. The van der Waals surface area contributed by atoms with Crippen molar-refractivity contribution in [3.8, 4) is 16.3 Å². The summed E-state index contributed by atoms with van der Waals surface area (Å²) in [4.78, 5) is 23.7. The number of benzene rings is 1. The maximum absolute atomic E-state index is 14.5. The highest BCUT2D eigenvalue weighted by atomic mass is 32.1. The number of piperazine rings is 1. The van der Waals surface area contributed by atoms with Crippen LogP contribution in [0.1, 0.15) is 32.5 Å². The lowest BCUT2D eigenvalue weighted by atomic mass is 10.1. The van der Waals surface area contributed by atoms with Gasteiger partial charge in [-0.3, -0.25) is 4.90 Å². The van der Waals surface area contributed by atoms with Gasteiger partial charge in [-0.25, -0.2) is 9.78 Å². The van der Waals surface area contributed by atoms with Gasteiger partial charge < -0.3 is 24.3 Å². The van der Waals surface area contributed by atoms with Gasteiger partial charge in [0.05, 0.1) is 17.6 Å². The molecule has 2 saturated heterocycles. The van der Waals surface area contributed by atoms with Crippen LogP contribution in [0.3, 0.4) is 0 Å². The van der Waals surface area contributed by atoms with Gasteiger partial charge >= 0.3 is 12.2 Å². The second kappa shape index (κ2) is 7.73. The van der Waals surface area contributed by atoms with E-state index in [1.165, 1.54) is 11.0 Å². The summed E-state index contributed by atoms with van der Waals surface area (Å²) in [6.07, 6.45) is -3.39. The number of oxazole rings is 1. The first-order valence-electron chi connectivity index (χ1n) is 10.7. The predicted octanol–water partition coefficient (Wildman–Crippen LogP) is 3.73. The highest BCUT2D eigenvalue weighted by Crippen LogP contribution is 2.42. The molecule has 4 heterocycles. The van der Waals surface area contributed by atoms with E-state index >= 15 is 0 Å². The topological polar surface area (TPSA) is 125 Å². The number of hydrogen-bond donors (Lipinski definition) is 2. The van der Waals surface area contributed by atoms with E-state index in [0.717, 1.165) is 38.2 Å². The maximum Gasteiger partial charge on any atom is 0.426 e. The zero-order valence-electron chi connectivity index (χ0n) is 18.7. The third kappa shape index (κ3) is 3.72. The molecular weight excluding hydrogens is 472 g/mol. The number of nitrogens with zero attached hydrogens (tertiary/aromatic N) is 5. The number of amides is 1. The van der Waals surface area contributed by atoms with Gasteiger partial charge in [-0.2, -0.15) is 18.1 Å². The molecule has 0 aliphatic carbocycles. The van der Waals surface area contributed by atoms with E-state index in [4.69, 9.17) is 9.15 Å². The largest absolute Gasteiger partial charge is 0.465 e. The van der Waals surface area contributed by atoms with Gasteiger partial charge in [0.25, 0.3) is 6.01 Å². The molecular formula is C21H23F2N5O5S. The fourth-order valence-electron chi connectivity index (χ4n) is 4.40. The summed E-state index contributed by atoms with van der Waals surface area (Å²) < 4.78 is 44.3. The van der Waals surface area contributed by atoms with E-state index in [1.54, 1.807) is 13.0 Å². The lowest BCUT2D eigenvalue weighted by Gasteiger charge is -2.38. The molecule has 10 nitrogen and oxygen atoms in total. The Hall–Kier alpha value is -3.06. The molecule has 2 fully saturated rings. The Labute approximate surface area is 196 Å². The second-order valence-electron chi connectivity index (χ2n) is 9.09. The summed E-state index contributed by atoms with van der Waals surface area (Å²) in [6, 6.07) is 2.66. The lowest BCUT2D eigenvalue weighted by molar-refractivity contribution is -0.275. The molecule has 182 valence electrons. The maximum atomic E-state index is 14.5. The third-order valence-electron chi connectivity index (χ3n) is 6.18. The normalized spacial score (nSPS) is 20.9. The van der Waals surface area contributed by atoms with Gasteiger partial charge in [-0.05, 0) is 57.3 Å². The van der Waals surface area contributed by atoms with Gasteiger partial charge in [0.15, 0.2) is 22.5 Å². The lowest BCUT2D eigenvalue weighted by Crippen LogP contribution is -2.55. The number of fused-ring (bicyclic) bond motifs is 3. The second-order valence-corrected chi connectivity index (χ2v) is 9.84. The molecule has 0 radical (unpaired) electrons. The van der Waals surface area contributed by atoms with Crippen molar-refractivity contribution in [1.82, 2.24) is 19.2 Å². The van der Waals surface area contributed by atoms with Crippen LogP contribution in [0.5, 0.6) is 5.75 Å². The molecule has 2 aliphatic rings. The number of ether oxygens (including phenoxy) is 1. The van der Waals surface area contributed by atoms with Gasteiger partial charge in [0, 0.05) is 13.1 Å². The van der Waals surface area contributed by atoms with Crippen molar-refractivity contribution >= 4 is 34.7 Å². The van der Waals surface area contributed by atoms with Gasteiger partial charge in [-0.15, -0.1) is 0 Å². The summed E-state index contributed by atoms with van der Waals surface area (Å²) in [7, 11) is 0. The standard InChI is InChI=1S/C21H23F2N5O5S/c1-10-24-17(34-26-10)13-6-7-14(33-21(22,23)20(2,3)31)15-16(13)32-18(25-15)27-8-11-4-5-12(9-27)28(11)19(29)30/h6-7,11-12,31H,4-5,8-9H2,1-3H3,(H,29,30). The van der Waals surface area contributed by atoms with Gasteiger partial charge in [0.1, 0.15) is 10.8 Å². The van der Waals surface area contributed by atoms with E-state index in [2.05, 4.69) is 14.3 Å². The first-order chi connectivity index (χ1) is 15.9. The molecule has 2 bridgehead atoms. The Kier molecular flexibility index (Phi) is 5.17. The van der Waals surface area contributed by atoms with E-state index < -0.39 is 17.8 Å². The average Bonchev–Trinajstić information content (AvgIpc) is 3.43. The number of aryl methyl sites for hydroxylation is 1. The monoisotopic (exact) mass is 495 g/mol. The van der Waals surface area contributed by atoms with E-state index in [0.29, 0.717) is 29.5 Å². The summed E-state index contributed by atoms with van der Waals surface area (Å²) in [5.74, 6) is 0.303. The molecule has 2 unspecified atom stereocenters. The Morgan fingerprint density at radius 1 is 1.24 bits per heavy atom. The van der Waals surface area contributed by atoms with Gasteiger partial charge in [-0.1, -0.05) is 0 Å². The van der Waals surface area contributed by atoms with Crippen molar-refractivity contribution in [2.75, 3.05) is 18.0 Å². The number of alkyl halides is 2. The first kappa shape index (κ1) is 22.7. The molecule has 2 N–H and O–H groups in total. The van der Waals surface area contributed by atoms with Crippen LogP contribution >= 0.6 is 11.5 Å². The quantitative estimate of drug-likeness (QED) is 0.545. The summed E-state index contributed by atoms with van der Waals surface area (Å²) in [5.41, 5.74) is -1.67. The zero-order valence-corrected chi connectivity index (χ0v) is 19.5. The molecule has 13 heteroatoms. The van der Waals surface area contributed by atoms with Crippen molar-refractivity contribution in [3.05, 3.63) is 18.0 Å². The minimum absolute atomic E-state index is 0.0530.